The van der Waals surface area contributed by atoms with E-state index in [1.165, 1.54) is 25.1 Å². The number of aryl methyl sites for hydroxylation is 1. The molecule has 2 N–H and O–H groups in total. The standard InChI is InChI=1S/C26H21Cl2N3O6S.Na/c1-3-37-17-8-9-22(20(27)13-17)29-26(33)19-11-15-6-4-5-7-18(15)23(24(19)32)31-30-16-10-14(2)25(21(28)12-16)38(34,35)36;/h4-13,32H,3H2,1-2H3,(H,29,33)(H,34,35,36);/q;+1/p-1. The molecular formula is C26H20Cl2N3NaO6S. The minimum atomic E-state index is -4.55. The second-order valence-electron chi connectivity index (χ2n) is 8.10. The zero-order valence-electron chi connectivity index (χ0n) is 21.0. The molecule has 0 saturated heterocycles. The largest absolute Gasteiger partial charge is 1.00 e. The van der Waals surface area contributed by atoms with Gasteiger partial charge in [0, 0.05) is 17.0 Å². The summed E-state index contributed by atoms with van der Waals surface area (Å²) < 4.78 is 37.9. The number of nitrogens with one attached hydrogen (secondary N) is 1. The van der Waals surface area contributed by atoms with E-state index in [-0.39, 0.29) is 62.1 Å². The van der Waals surface area contributed by atoms with E-state index < -0.39 is 26.7 Å². The van der Waals surface area contributed by atoms with E-state index in [2.05, 4.69) is 15.5 Å². The van der Waals surface area contributed by atoms with Crippen LogP contribution in [0.4, 0.5) is 17.1 Å². The van der Waals surface area contributed by atoms with Gasteiger partial charge >= 0.3 is 29.6 Å². The predicted molar refractivity (Wildman–Crippen MR) is 144 cm³/mol. The maximum atomic E-state index is 13.4. The van der Waals surface area contributed by atoms with Gasteiger partial charge in [-0.05, 0) is 55.1 Å². The molecule has 1 amide bonds. The van der Waals surface area contributed by atoms with Crippen molar-refractivity contribution in [2.75, 3.05) is 11.9 Å². The number of hydrogen-bond donors (Lipinski definition) is 2. The average Bonchev–Trinajstić information content (AvgIpc) is 2.83. The Morgan fingerprint density at radius 2 is 1.77 bits per heavy atom. The van der Waals surface area contributed by atoms with Crippen molar-refractivity contribution < 1.29 is 57.2 Å². The topological polar surface area (TPSA) is 140 Å². The first kappa shape index (κ1) is 30.8. The Bertz CT molecular complexity index is 1690. The smallest absolute Gasteiger partial charge is 0.870 e. The summed E-state index contributed by atoms with van der Waals surface area (Å²) in [5.41, 5.74) is 0.290. The maximum Gasteiger partial charge on any atom is 1.00 e. The van der Waals surface area contributed by atoms with Crippen LogP contribution < -0.4 is 44.7 Å². The Labute approximate surface area is 256 Å². The SMILES string of the molecule is CCOc1ccc(NC(=O)c2cc3ccccc3c(N=Nc3cc(C)c(S(=O)(=O)O)c(Cl)c3)c2[O-])c(Cl)c1.[Na+]. The van der Waals surface area contributed by atoms with Crippen LogP contribution in [-0.4, -0.2) is 25.5 Å². The Balaban J connectivity index is 0.00000420. The van der Waals surface area contributed by atoms with E-state index in [0.29, 0.717) is 28.8 Å². The number of azo groups is 1. The number of carbonyl (C=O) groups is 1. The number of hydrogen-bond acceptors (Lipinski definition) is 7. The van der Waals surface area contributed by atoms with E-state index in [1.807, 2.05) is 6.92 Å². The normalized spacial score (nSPS) is 11.4. The molecule has 0 radical (unpaired) electrons. The van der Waals surface area contributed by atoms with Gasteiger partial charge in [-0.25, -0.2) is 0 Å². The van der Waals surface area contributed by atoms with Crippen molar-refractivity contribution in [3.8, 4) is 11.5 Å². The number of ether oxygens (including phenoxy) is 1. The van der Waals surface area contributed by atoms with Crippen molar-refractivity contribution in [1.29, 1.82) is 0 Å². The third-order valence-electron chi connectivity index (χ3n) is 5.46. The predicted octanol–water partition coefficient (Wildman–Crippen LogP) is 3.85. The number of benzene rings is 4. The molecule has 0 spiro atoms. The van der Waals surface area contributed by atoms with Crippen LogP contribution in [0.25, 0.3) is 10.8 Å². The fraction of sp³-hybridized carbons (Fsp3) is 0.115. The van der Waals surface area contributed by atoms with E-state index >= 15 is 0 Å². The molecule has 0 heterocycles. The summed E-state index contributed by atoms with van der Waals surface area (Å²) in [5, 5.41) is 25.2. The first-order valence-electron chi connectivity index (χ1n) is 11.2. The fourth-order valence-corrected chi connectivity index (χ4v) is 5.37. The minimum Gasteiger partial charge on any atom is -0.870 e. The van der Waals surface area contributed by atoms with Crippen LogP contribution in [-0.2, 0) is 10.1 Å². The summed E-state index contributed by atoms with van der Waals surface area (Å²) in [7, 11) is -4.55. The van der Waals surface area contributed by atoms with Gasteiger partial charge in [-0.1, -0.05) is 53.2 Å². The van der Waals surface area contributed by atoms with E-state index in [1.54, 1.807) is 42.5 Å². The number of amides is 1. The maximum absolute atomic E-state index is 13.4. The van der Waals surface area contributed by atoms with Gasteiger partial charge in [0.05, 0.1) is 33.7 Å². The summed E-state index contributed by atoms with van der Waals surface area (Å²) in [5.74, 6) is -0.836. The molecule has 13 heteroatoms. The van der Waals surface area contributed by atoms with Crippen molar-refractivity contribution in [2.24, 2.45) is 10.2 Å². The van der Waals surface area contributed by atoms with Gasteiger partial charge in [0.1, 0.15) is 10.6 Å². The number of halogens is 2. The zero-order valence-corrected chi connectivity index (χ0v) is 25.4. The van der Waals surface area contributed by atoms with Crippen LogP contribution in [0.15, 0.2) is 75.8 Å². The summed E-state index contributed by atoms with van der Waals surface area (Å²) in [6, 6.07) is 15.6. The molecule has 196 valence electrons. The fourth-order valence-electron chi connectivity index (χ4n) is 3.83. The molecule has 9 nitrogen and oxygen atoms in total. The van der Waals surface area contributed by atoms with E-state index in [9.17, 15) is 22.9 Å². The Hall–Kier alpha value is -2.70. The van der Waals surface area contributed by atoms with Crippen LogP contribution in [0, 0.1) is 6.92 Å². The van der Waals surface area contributed by atoms with Crippen molar-refractivity contribution in [2.45, 2.75) is 18.7 Å². The Kier molecular flexibility index (Phi) is 10.0. The van der Waals surface area contributed by atoms with Gasteiger partial charge in [-0.3, -0.25) is 9.35 Å². The van der Waals surface area contributed by atoms with Crippen LogP contribution in [0.1, 0.15) is 22.8 Å². The molecule has 4 aromatic rings. The number of carbonyl (C=O) groups excluding carboxylic acids is 1. The van der Waals surface area contributed by atoms with E-state index in [4.69, 9.17) is 27.9 Å². The quantitative estimate of drug-likeness (QED) is 0.189. The third-order valence-corrected chi connectivity index (χ3v) is 7.24. The van der Waals surface area contributed by atoms with Crippen molar-refractivity contribution >= 4 is 67.1 Å². The van der Waals surface area contributed by atoms with Crippen LogP contribution in [0.2, 0.25) is 10.0 Å². The molecule has 39 heavy (non-hydrogen) atoms. The van der Waals surface area contributed by atoms with Crippen LogP contribution in [0.3, 0.4) is 0 Å². The molecule has 0 aliphatic heterocycles. The third kappa shape index (κ3) is 6.90. The number of nitrogens with zero attached hydrogens (tertiary/aromatic N) is 2. The van der Waals surface area contributed by atoms with Gasteiger partial charge < -0.3 is 15.2 Å². The molecule has 0 saturated carbocycles. The number of anilines is 1. The molecule has 0 unspecified atom stereocenters. The summed E-state index contributed by atoms with van der Waals surface area (Å²) in [6.45, 7) is 3.71. The molecule has 0 aliphatic rings. The summed E-state index contributed by atoms with van der Waals surface area (Å²) in [4.78, 5) is 12.7. The number of rotatable bonds is 7. The van der Waals surface area contributed by atoms with Crippen LogP contribution in [0.5, 0.6) is 11.5 Å². The van der Waals surface area contributed by atoms with Crippen molar-refractivity contribution in [1.82, 2.24) is 0 Å². The first-order valence-corrected chi connectivity index (χ1v) is 13.3. The van der Waals surface area contributed by atoms with Gasteiger partial charge in [-0.15, -0.1) is 0 Å². The Morgan fingerprint density at radius 1 is 1.05 bits per heavy atom. The zero-order chi connectivity index (χ0) is 27.6. The molecule has 0 atom stereocenters. The molecule has 0 bridgehead atoms. The molecule has 4 rings (SSSR count). The minimum absolute atomic E-state index is 0. The summed E-state index contributed by atoms with van der Waals surface area (Å²) in [6.07, 6.45) is 0. The average molecular weight is 596 g/mol. The second kappa shape index (κ2) is 12.6. The Morgan fingerprint density at radius 3 is 2.41 bits per heavy atom. The summed E-state index contributed by atoms with van der Waals surface area (Å²) >= 11 is 12.3. The van der Waals surface area contributed by atoms with Crippen molar-refractivity contribution in [3.63, 3.8) is 0 Å². The first-order chi connectivity index (χ1) is 18.0. The molecule has 0 aliphatic carbocycles. The van der Waals surface area contributed by atoms with Gasteiger partial charge in [0.25, 0.3) is 16.0 Å². The van der Waals surface area contributed by atoms with Crippen LogP contribution >= 0.6 is 23.2 Å². The van der Waals surface area contributed by atoms with E-state index in [0.717, 1.165) is 0 Å². The van der Waals surface area contributed by atoms with Gasteiger partial charge in [-0.2, -0.15) is 18.6 Å². The van der Waals surface area contributed by atoms with Gasteiger partial charge in [0.15, 0.2) is 0 Å². The number of fused-ring (bicyclic) bond motifs is 1. The van der Waals surface area contributed by atoms with Gasteiger partial charge in [0.2, 0.25) is 0 Å². The molecular weight excluding hydrogens is 576 g/mol. The molecule has 0 fully saturated rings. The molecule has 4 aromatic carbocycles. The van der Waals surface area contributed by atoms with Crippen molar-refractivity contribution in [3.05, 3.63) is 81.8 Å². The monoisotopic (exact) mass is 595 g/mol. The molecule has 0 aromatic heterocycles. The second-order valence-corrected chi connectivity index (χ2v) is 10.3.